The second kappa shape index (κ2) is 2.27. The average Bonchev–Trinajstić information content (AvgIpc) is 1.80. The topological polar surface area (TPSA) is 49.7 Å². The zero-order valence-corrected chi connectivity index (χ0v) is 5.29. The molecule has 9 heavy (non-hydrogen) atoms. The van der Waals surface area contributed by atoms with E-state index in [9.17, 15) is 0 Å². The number of aliphatic hydroxyl groups excluding tert-OH is 2. The normalized spacial score (nSPS) is 28.0. The summed E-state index contributed by atoms with van der Waals surface area (Å²) in [5.74, 6) is 0.689. The largest absolute Gasteiger partial charge is 0.509 e. The standard InChI is InChI=1S/C6H10O3/c1-4-6(8)2-5(7)3-9-4/h5,7-8H,2-3H2,1H3. The van der Waals surface area contributed by atoms with Gasteiger partial charge in [0, 0.05) is 6.42 Å². The Bertz CT molecular complexity index is 139. The Hall–Kier alpha value is -0.700. The van der Waals surface area contributed by atoms with Crippen LogP contribution in [0, 0.1) is 0 Å². The Kier molecular flexibility index (Phi) is 1.62. The lowest BCUT2D eigenvalue weighted by molar-refractivity contribution is 0.0357. The first-order chi connectivity index (χ1) is 4.20. The minimum atomic E-state index is -0.534. The van der Waals surface area contributed by atoms with E-state index in [1.807, 2.05) is 0 Å². The van der Waals surface area contributed by atoms with E-state index in [0.29, 0.717) is 18.8 Å². The Labute approximate surface area is 53.6 Å². The Morgan fingerprint density at radius 2 is 2.33 bits per heavy atom. The van der Waals surface area contributed by atoms with Crippen molar-refractivity contribution in [3.05, 3.63) is 11.5 Å². The molecule has 1 aliphatic rings. The third-order valence-electron chi connectivity index (χ3n) is 1.33. The summed E-state index contributed by atoms with van der Waals surface area (Å²) in [5.41, 5.74) is 0. The minimum absolute atomic E-state index is 0.161. The molecule has 1 rings (SSSR count). The lowest BCUT2D eigenvalue weighted by atomic mass is 10.2. The van der Waals surface area contributed by atoms with Crippen molar-refractivity contribution in [1.82, 2.24) is 0 Å². The van der Waals surface area contributed by atoms with Crippen LogP contribution >= 0.6 is 0 Å². The maximum atomic E-state index is 8.94. The number of allylic oxidation sites excluding steroid dienone is 1. The molecule has 0 radical (unpaired) electrons. The molecule has 52 valence electrons. The van der Waals surface area contributed by atoms with Crippen LogP contribution in [0.15, 0.2) is 11.5 Å². The van der Waals surface area contributed by atoms with Crippen molar-refractivity contribution >= 4 is 0 Å². The lowest BCUT2D eigenvalue weighted by Gasteiger charge is -2.18. The molecular formula is C6H10O3. The van der Waals surface area contributed by atoms with Gasteiger partial charge in [0.2, 0.25) is 0 Å². The van der Waals surface area contributed by atoms with Crippen LogP contribution in [0.2, 0.25) is 0 Å². The molecule has 1 aliphatic heterocycles. The van der Waals surface area contributed by atoms with Crippen LogP contribution in [0.25, 0.3) is 0 Å². The molecule has 1 unspecified atom stereocenters. The number of rotatable bonds is 0. The molecule has 3 heteroatoms. The molecule has 0 aromatic carbocycles. The van der Waals surface area contributed by atoms with Gasteiger partial charge in [0.25, 0.3) is 0 Å². The molecule has 0 spiro atoms. The van der Waals surface area contributed by atoms with Crippen molar-refractivity contribution < 1.29 is 14.9 Å². The summed E-state index contributed by atoms with van der Waals surface area (Å²) >= 11 is 0. The fourth-order valence-corrected chi connectivity index (χ4v) is 0.730. The molecule has 3 nitrogen and oxygen atoms in total. The highest BCUT2D eigenvalue weighted by Gasteiger charge is 2.16. The zero-order chi connectivity index (χ0) is 6.85. The van der Waals surface area contributed by atoms with E-state index < -0.39 is 6.10 Å². The molecule has 0 fully saturated rings. The second-order valence-corrected chi connectivity index (χ2v) is 2.17. The van der Waals surface area contributed by atoms with Gasteiger partial charge in [0.1, 0.15) is 18.1 Å². The van der Waals surface area contributed by atoms with Gasteiger partial charge < -0.3 is 14.9 Å². The minimum Gasteiger partial charge on any atom is -0.509 e. The first kappa shape index (κ1) is 6.42. The predicted molar refractivity (Wildman–Crippen MR) is 31.9 cm³/mol. The van der Waals surface area contributed by atoms with Crippen molar-refractivity contribution in [1.29, 1.82) is 0 Å². The van der Waals surface area contributed by atoms with Crippen molar-refractivity contribution in [3.8, 4) is 0 Å². The summed E-state index contributed by atoms with van der Waals surface area (Å²) in [6.45, 7) is 1.98. The zero-order valence-electron chi connectivity index (χ0n) is 5.29. The Morgan fingerprint density at radius 1 is 1.67 bits per heavy atom. The molecule has 0 saturated heterocycles. The van der Waals surface area contributed by atoms with Crippen LogP contribution in [0.4, 0.5) is 0 Å². The fraction of sp³-hybridized carbons (Fsp3) is 0.667. The van der Waals surface area contributed by atoms with Crippen LogP contribution in [0.1, 0.15) is 13.3 Å². The average molecular weight is 130 g/mol. The predicted octanol–water partition coefficient (Wildman–Crippen LogP) is 0.557. The van der Waals surface area contributed by atoms with E-state index in [2.05, 4.69) is 0 Å². The van der Waals surface area contributed by atoms with Gasteiger partial charge in [-0.2, -0.15) is 0 Å². The molecule has 0 saturated carbocycles. The molecule has 1 heterocycles. The maximum Gasteiger partial charge on any atom is 0.132 e. The molecule has 0 aliphatic carbocycles. The van der Waals surface area contributed by atoms with Crippen LogP contribution in [-0.2, 0) is 4.74 Å². The van der Waals surface area contributed by atoms with Gasteiger partial charge >= 0.3 is 0 Å². The van der Waals surface area contributed by atoms with E-state index in [1.54, 1.807) is 6.92 Å². The number of hydrogen-bond donors (Lipinski definition) is 2. The van der Waals surface area contributed by atoms with Gasteiger partial charge in [-0.25, -0.2) is 0 Å². The first-order valence-electron chi connectivity index (χ1n) is 2.89. The SMILES string of the molecule is CC1=C(O)CC(O)CO1. The third kappa shape index (κ3) is 1.36. The lowest BCUT2D eigenvalue weighted by Crippen LogP contribution is -2.21. The van der Waals surface area contributed by atoms with Gasteiger partial charge in [0.15, 0.2) is 0 Å². The molecule has 1 atom stereocenters. The smallest absolute Gasteiger partial charge is 0.132 e. The molecule has 0 bridgehead atoms. The summed E-state index contributed by atoms with van der Waals surface area (Å²) in [7, 11) is 0. The highest BCUT2D eigenvalue weighted by Crippen LogP contribution is 2.15. The first-order valence-corrected chi connectivity index (χ1v) is 2.89. The maximum absolute atomic E-state index is 8.94. The molecular weight excluding hydrogens is 120 g/mol. The summed E-state index contributed by atoms with van der Waals surface area (Å²) < 4.78 is 4.88. The second-order valence-electron chi connectivity index (χ2n) is 2.17. The van der Waals surface area contributed by atoms with Gasteiger partial charge in [-0.3, -0.25) is 0 Å². The highest BCUT2D eigenvalue weighted by molar-refractivity contribution is 5.01. The molecule has 0 aromatic rings. The van der Waals surface area contributed by atoms with Crippen LogP contribution < -0.4 is 0 Å². The van der Waals surface area contributed by atoms with Crippen molar-refractivity contribution in [2.24, 2.45) is 0 Å². The van der Waals surface area contributed by atoms with E-state index in [0.717, 1.165) is 0 Å². The van der Waals surface area contributed by atoms with Crippen molar-refractivity contribution in [3.63, 3.8) is 0 Å². The Morgan fingerprint density at radius 3 is 2.78 bits per heavy atom. The number of aliphatic hydroxyl groups is 2. The van der Waals surface area contributed by atoms with Gasteiger partial charge in [-0.05, 0) is 6.92 Å². The summed E-state index contributed by atoms with van der Waals surface area (Å²) in [4.78, 5) is 0. The van der Waals surface area contributed by atoms with Gasteiger partial charge in [0.05, 0.1) is 6.10 Å². The summed E-state index contributed by atoms with van der Waals surface area (Å²) in [5, 5.41) is 17.8. The van der Waals surface area contributed by atoms with E-state index in [4.69, 9.17) is 14.9 Å². The van der Waals surface area contributed by atoms with Gasteiger partial charge in [-0.1, -0.05) is 0 Å². The van der Waals surface area contributed by atoms with Crippen molar-refractivity contribution in [2.45, 2.75) is 19.4 Å². The van der Waals surface area contributed by atoms with E-state index in [-0.39, 0.29) is 5.76 Å². The Balaban J connectivity index is 2.61. The van der Waals surface area contributed by atoms with E-state index in [1.165, 1.54) is 0 Å². The van der Waals surface area contributed by atoms with Crippen molar-refractivity contribution in [2.75, 3.05) is 6.61 Å². The number of ether oxygens (including phenoxy) is 1. The third-order valence-corrected chi connectivity index (χ3v) is 1.33. The highest BCUT2D eigenvalue weighted by atomic mass is 16.5. The number of hydrogen-bond acceptors (Lipinski definition) is 3. The molecule has 0 aromatic heterocycles. The van der Waals surface area contributed by atoms with Crippen LogP contribution in [0.5, 0.6) is 0 Å². The van der Waals surface area contributed by atoms with Gasteiger partial charge in [-0.15, -0.1) is 0 Å². The summed E-state index contributed by atoms with van der Waals surface area (Å²) in [6, 6.07) is 0. The van der Waals surface area contributed by atoms with Crippen LogP contribution in [0.3, 0.4) is 0 Å². The molecule has 0 amide bonds. The van der Waals surface area contributed by atoms with Crippen LogP contribution in [-0.4, -0.2) is 22.9 Å². The monoisotopic (exact) mass is 130 g/mol. The van der Waals surface area contributed by atoms with E-state index >= 15 is 0 Å². The quantitative estimate of drug-likeness (QED) is 0.503. The molecule has 2 N–H and O–H groups in total. The summed E-state index contributed by atoms with van der Waals surface area (Å²) in [6.07, 6.45) is -0.208. The fourth-order valence-electron chi connectivity index (χ4n) is 0.730.